The molecule has 0 aliphatic heterocycles. The molecule has 1 atom stereocenters. The fourth-order valence-corrected chi connectivity index (χ4v) is 2.49. The summed E-state index contributed by atoms with van der Waals surface area (Å²) in [6, 6.07) is 5.16. The van der Waals surface area contributed by atoms with E-state index in [9.17, 15) is 26.7 Å². The van der Waals surface area contributed by atoms with Crippen molar-refractivity contribution in [2.75, 3.05) is 19.5 Å². The molecule has 0 radical (unpaired) electrons. The van der Waals surface area contributed by atoms with Crippen LogP contribution in [-0.2, 0) is 11.3 Å². The minimum atomic E-state index is -3.00. The van der Waals surface area contributed by atoms with E-state index in [0.717, 1.165) is 6.07 Å². The number of rotatable bonds is 8. The van der Waals surface area contributed by atoms with Crippen LogP contribution in [0.3, 0.4) is 0 Å². The van der Waals surface area contributed by atoms with Crippen LogP contribution in [0.15, 0.2) is 30.3 Å². The van der Waals surface area contributed by atoms with Gasteiger partial charge in [0, 0.05) is 6.54 Å². The smallest absolute Gasteiger partial charge is 0.387 e. The summed E-state index contributed by atoms with van der Waals surface area (Å²) in [5.74, 6) is -5.22. The molecule has 29 heavy (non-hydrogen) atoms. The largest absolute Gasteiger partial charge is 0.493 e. The molecular weight excluding hydrogens is 399 g/mol. The Kier molecular flexibility index (Phi) is 7.38. The van der Waals surface area contributed by atoms with Crippen molar-refractivity contribution >= 4 is 11.6 Å². The van der Waals surface area contributed by atoms with Gasteiger partial charge in [-0.1, -0.05) is 6.07 Å². The van der Waals surface area contributed by atoms with Crippen LogP contribution < -0.4 is 14.8 Å². The number of ether oxygens (including phenoxy) is 2. The van der Waals surface area contributed by atoms with Crippen LogP contribution in [0.1, 0.15) is 12.5 Å². The third-order valence-electron chi connectivity index (χ3n) is 4.21. The Balaban J connectivity index is 2.07. The summed E-state index contributed by atoms with van der Waals surface area (Å²) < 4.78 is 74.2. The number of carbonyl (C=O) groups is 1. The molecule has 1 N–H and O–H groups in total. The quantitative estimate of drug-likeness (QED) is 0.517. The van der Waals surface area contributed by atoms with Crippen LogP contribution in [0.2, 0.25) is 0 Å². The summed E-state index contributed by atoms with van der Waals surface area (Å²) >= 11 is 0. The maximum atomic E-state index is 13.7. The molecule has 2 aromatic carbocycles. The van der Waals surface area contributed by atoms with Gasteiger partial charge >= 0.3 is 6.61 Å². The van der Waals surface area contributed by atoms with Crippen LogP contribution in [0.4, 0.5) is 27.6 Å². The maximum absolute atomic E-state index is 13.7. The third-order valence-corrected chi connectivity index (χ3v) is 4.21. The summed E-state index contributed by atoms with van der Waals surface area (Å²) in [5, 5.41) is 2.21. The molecule has 2 rings (SSSR count). The number of hydrogen-bond donors (Lipinski definition) is 1. The topological polar surface area (TPSA) is 50.8 Å². The number of carbonyl (C=O) groups excluding carboxylic acids is 1. The third kappa shape index (κ3) is 5.57. The van der Waals surface area contributed by atoms with E-state index in [-0.39, 0.29) is 18.0 Å². The molecule has 0 saturated carbocycles. The van der Waals surface area contributed by atoms with Gasteiger partial charge in [0.2, 0.25) is 5.91 Å². The van der Waals surface area contributed by atoms with E-state index in [1.54, 1.807) is 11.9 Å². The molecule has 5 nitrogen and oxygen atoms in total. The van der Waals surface area contributed by atoms with Gasteiger partial charge in [-0.2, -0.15) is 8.78 Å². The number of halogens is 5. The second-order valence-electron chi connectivity index (χ2n) is 6.17. The molecule has 0 unspecified atom stereocenters. The molecule has 0 saturated heterocycles. The van der Waals surface area contributed by atoms with Gasteiger partial charge in [0.25, 0.3) is 0 Å². The SMILES string of the molecule is COc1cc(CN(C)[C@H](C)C(=O)Nc2ccc(F)c(F)c2F)ccc1OC(F)F. The van der Waals surface area contributed by atoms with Gasteiger partial charge in [-0.15, -0.1) is 0 Å². The van der Waals surface area contributed by atoms with Crippen molar-refractivity contribution in [3.8, 4) is 11.5 Å². The average Bonchev–Trinajstić information content (AvgIpc) is 2.68. The van der Waals surface area contributed by atoms with E-state index in [1.165, 1.54) is 32.2 Å². The van der Waals surface area contributed by atoms with Gasteiger partial charge in [0.15, 0.2) is 29.0 Å². The summed E-state index contributed by atoms with van der Waals surface area (Å²) in [6.07, 6.45) is 0. The first kappa shape index (κ1) is 22.4. The molecule has 158 valence electrons. The first-order chi connectivity index (χ1) is 13.6. The first-order valence-electron chi connectivity index (χ1n) is 8.40. The van der Waals surface area contributed by atoms with Crippen molar-refractivity contribution < 1.29 is 36.2 Å². The molecule has 0 aromatic heterocycles. The number of benzene rings is 2. The number of anilines is 1. The van der Waals surface area contributed by atoms with Crippen LogP contribution in [0.5, 0.6) is 11.5 Å². The fraction of sp³-hybridized carbons (Fsp3) is 0.316. The van der Waals surface area contributed by atoms with Crippen LogP contribution >= 0.6 is 0 Å². The Morgan fingerprint density at radius 2 is 1.79 bits per heavy atom. The highest BCUT2D eigenvalue weighted by molar-refractivity contribution is 5.94. The van der Waals surface area contributed by atoms with Crippen molar-refractivity contribution in [3.63, 3.8) is 0 Å². The van der Waals surface area contributed by atoms with Crippen LogP contribution in [-0.4, -0.2) is 37.6 Å². The normalized spacial score (nSPS) is 12.2. The zero-order chi connectivity index (χ0) is 21.7. The Labute approximate surface area is 164 Å². The predicted molar refractivity (Wildman–Crippen MR) is 95.5 cm³/mol. The number of alkyl halides is 2. The molecule has 2 aromatic rings. The van der Waals surface area contributed by atoms with Crippen molar-refractivity contribution in [3.05, 3.63) is 53.3 Å². The number of methoxy groups -OCH3 is 1. The van der Waals surface area contributed by atoms with Crippen molar-refractivity contribution in [1.82, 2.24) is 4.90 Å². The molecule has 0 spiro atoms. The van der Waals surface area contributed by atoms with Gasteiger partial charge in [0.1, 0.15) is 0 Å². The molecule has 0 aliphatic rings. The molecule has 0 fully saturated rings. The summed E-state index contributed by atoms with van der Waals surface area (Å²) in [4.78, 5) is 13.9. The van der Waals surface area contributed by atoms with E-state index in [0.29, 0.717) is 11.6 Å². The molecule has 1 amide bonds. The van der Waals surface area contributed by atoms with Crippen LogP contribution in [0, 0.1) is 17.5 Å². The van der Waals surface area contributed by atoms with Gasteiger partial charge in [-0.05, 0) is 43.8 Å². The summed E-state index contributed by atoms with van der Waals surface area (Å²) in [7, 11) is 2.90. The van der Waals surface area contributed by atoms with E-state index >= 15 is 0 Å². The van der Waals surface area contributed by atoms with Crippen molar-refractivity contribution in [1.29, 1.82) is 0 Å². The number of amides is 1. The Hall–Kier alpha value is -2.88. The molecule has 0 bridgehead atoms. The summed E-state index contributed by atoms with van der Waals surface area (Å²) in [6.45, 7) is -1.27. The van der Waals surface area contributed by atoms with Gasteiger partial charge in [0.05, 0.1) is 18.8 Å². The number of likely N-dealkylation sites (N-methyl/N-ethyl adjacent to an activating group) is 1. The van der Waals surface area contributed by atoms with E-state index < -0.39 is 41.7 Å². The molecular formula is C19H19F5N2O3. The average molecular weight is 418 g/mol. The predicted octanol–water partition coefficient (Wildman–Crippen LogP) is 4.17. The highest BCUT2D eigenvalue weighted by Gasteiger charge is 2.22. The fourth-order valence-electron chi connectivity index (χ4n) is 2.49. The van der Waals surface area contributed by atoms with E-state index in [2.05, 4.69) is 10.1 Å². The van der Waals surface area contributed by atoms with Crippen molar-refractivity contribution in [2.45, 2.75) is 26.1 Å². The lowest BCUT2D eigenvalue weighted by atomic mass is 10.1. The Morgan fingerprint density at radius 1 is 1.10 bits per heavy atom. The maximum Gasteiger partial charge on any atom is 0.387 e. The second-order valence-corrected chi connectivity index (χ2v) is 6.17. The minimum absolute atomic E-state index is 0.0946. The number of nitrogens with one attached hydrogen (secondary N) is 1. The lowest BCUT2D eigenvalue weighted by Gasteiger charge is -2.24. The molecule has 0 aliphatic carbocycles. The van der Waals surface area contributed by atoms with Gasteiger partial charge in [-0.3, -0.25) is 9.69 Å². The lowest BCUT2D eigenvalue weighted by Crippen LogP contribution is -2.39. The molecule has 0 heterocycles. The highest BCUT2D eigenvalue weighted by atomic mass is 19.3. The van der Waals surface area contributed by atoms with Gasteiger partial charge < -0.3 is 14.8 Å². The molecule has 10 heteroatoms. The Bertz CT molecular complexity index is 879. The zero-order valence-electron chi connectivity index (χ0n) is 15.8. The highest BCUT2D eigenvalue weighted by Crippen LogP contribution is 2.30. The summed E-state index contributed by atoms with van der Waals surface area (Å²) in [5.41, 5.74) is 0.147. The van der Waals surface area contributed by atoms with Crippen molar-refractivity contribution in [2.24, 2.45) is 0 Å². The Morgan fingerprint density at radius 3 is 2.41 bits per heavy atom. The number of hydrogen-bond acceptors (Lipinski definition) is 4. The van der Waals surface area contributed by atoms with Gasteiger partial charge in [-0.25, -0.2) is 13.2 Å². The minimum Gasteiger partial charge on any atom is -0.493 e. The second kappa shape index (κ2) is 9.55. The standard InChI is InChI=1S/C19H19F5N2O3/c1-10(18(27)25-13-6-5-12(20)16(21)17(13)22)26(2)9-11-4-7-14(29-19(23)24)15(8-11)28-3/h4-8,10,19H,9H2,1-3H3,(H,25,27)/t10-/m1/s1. The van der Waals surface area contributed by atoms with Crippen LogP contribution in [0.25, 0.3) is 0 Å². The monoisotopic (exact) mass is 418 g/mol. The van der Waals surface area contributed by atoms with E-state index in [4.69, 9.17) is 4.74 Å². The van der Waals surface area contributed by atoms with E-state index in [1.807, 2.05) is 0 Å². The lowest BCUT2D eigenvalue weighted by molar-refractivity contribution is -0.120. The number of nitrogens with zero attached hydrogens (tertiary/aromatic N) is 1. The first-order valence-corrected chi connectivity index (χ1v) is 8.40. The zero-order valence-corrected chi connectivity index (χ0v) is 15.8.